The number of rotatable bonds is 5. The summed E-state index contributed by atoms with van der Waals surface area (Å²) in [6.45, 7) is 6.51. The lowest BCUT2D eigenvalue weighted by Crippen LogP contribution is -1.97. The molecule has 2 aromatic rings. The average molecular weight is 286 g/mol. The van der Waals surface area contributed by atoms with Gasteiger partial charge < -0.3 is 0 Å². The van der Waals surface area contributed by atoms with E-state index in [1.54, 1.807) is 0 Å². The molecule has 0 radical (unpaired) electrons. The molecule has 2 heterocycles. The number of pyridine rings is 1. The summed E-state index contributed by atoms with van der Waals surface area (Å²) < 4.78 is 2.11. The van der Waals surface area contributed by atoms with E-state index in [1.165, 1.54) is 23.5 Å². The van der Waals surface area contributed by atoms with Crippen LogP contribution in [0.25, 0.3) is 5.65 Å². The average Bonchev–Trinajstić information content (AvgIpc) is 2.72. The molecule has 0 spiro atoms. The van der Waals surface area contributed by atoms with Gasteiger partial charge >= 0.3 is 0 Å². The minimum Gasteiger partial charge on any atom is -0.285 e. The van der Waals surface area contributed by atoms with Crippen molar-refractivity contribution < 1.29 is 0 Å². The summed E-state index contributed by atoms with van der Waals surface area (Å²) in [6, 6.07) is 4.18. The summed E-state index contributed by atoms with van der Waals surface area (Å²) >= 11 is 1.91. The Kier molecular flexibility index (Phi) is 5.96. The van der Waals surface area contributed by atoms with Gasteiger partial charge in [0.1, 0.15) is 5.82 Å². The molecule has 0 saturated carbocycles. The number of thioether (sulfide) groups is 1. The number of halogens is 1. The standard InChI is InChI=1S/C13H19N3S.ClH/c1-4-5-8-17-11-6-7-12-14-15-13(10(2)3)16(12)9-11;/h6-7,9-10H,4-5,8H2,1-3H3;1H. The number of unbranched alkanes of at least 4 members (excludes halogenated alkanes) is 1. The molecule has 5 heteroatoms. The minimum absolute atomic E-state index is 0. The first-order valence-electron chi connectivity index (χ1n) is 6.20. The largest absolute Gasteiger partial charge is 0.285 e. The Hall–Kier alpha value is -0.740. The first-order valence-corrected chi connectivity index (χ1v) is 7.18. The molecule has 0 amide bonds. The van der Waals surface area contributed by atoms with Crippen molar-refractivity contribution in [3.63, 3.8) is 0 Å². The van der Waals surface area contributed by atoms with Crippen LogP contribution in [0.3, 0.4) is 0 Å². The Morgan fingerprint density at radius 1 is 1.28 bits per heavy atom. The zero-order chi connectivity index (χ0) is 12.3. The van der Waals surface area contributed by atoms with Crippen LogP contribution in [0.15, 0.2) is 23.2 Å². The normalized spacial score (nSPS) is 10.9. The molecule has 0 atom stereocenters. The second kappa shape index (κ2) is 7.00. The van der Waals surface area contributed by atoms with Gasteiger partial charge in [-0.2, -0.15) is 0 Å². The van der Waals surface area contributed by atoms with E-state index in [9.17, 15) is 0 Å². The fourth-order valence-electron chi connectivity index (χ4n) is 1.70. The molecule has 0 bridgehead atoms. The fraction of sp³-hybridized carbons (Fsp3) is 0.538. The van der Waals surface area contributed by atoms with E-state index in [2.05, 4.69) is 47.6 Å². The molecule has 2 rings (SSSR count). The van der Waals surface area contributed by atoms with Crippen molar-refractivity contribution >= 4 is 29.8 Å². The van der Waals surface area contributed by atoms with Crippen LogP contribution in [-0.2, 0) is 0 Å². The third kappa shape index (κ3) is 3.39. The first kappa shape index (κ1) is 15.3. The number of fused-ring (bicyclic) bond motifs is 1. The molecule has 0 aliphatic rings. The second-order valence-corrected chi connectivity index (χ2v) is 5.68. The van der Waals surface area contributed by atoms with Gasteiger partial charge in [0.25, 0.3) is 0 Å². The molecule has 18 heavy (non-hydrogen) atoms. The topological polar surface area (TPSA) is 30.2 Å². The van der Waals surface area contributed by atoms with Gasteiger partial charge in [-0.05, 0) is 24.3 Å². The molecule has 0 aliphatic carbocycles. The SMILES string of the molecule is CCCCSc1ccc2nnc(C(C)C)n2c1.Cl. The van der Waals surface area contributed by atoms with Gasteiger partial charge in [-0.15, -0.1) is 34.4 Å². The maximum atomic E-state index is 4.24. The van der Waals surface area contributed by atoms with Crippen molar-refractivity contribution in [2.24, 2.45) is 0 Å². The third-order valence-corrected chi connectivity index (χ3v) is 3.75. The molecule has 3 nitrogen and oxygen atoms in total. The van der Waals surface area contributed by atoms with Crippen molar-refractivity contribution in [3.8, 4) is 0 Å². The minimum atomic E-state index is 0. The third-order valence-electron chi connectivity index (χ3n) is 2.68. The van der Waals surface area contributed by atoms with E-state index in [4.69, 9.17) is 0 Å². The van der Waals surface area contributed by atoms with Gasteiger partial charge in [-0.25, -0.2) is 0 Å². The van der Waals surface area contributed by atoms with Crippen molar-refractivity contribution in [3.05, 3.63) is 24.2 Å². The zero-order valence-electron chi connectivity index (χ0n) is 11.1. The van der Waals surface area contributed by atoms with Gasteiger partial charge in [0, 0.05) is 17.0 Å². The number of hydrogen-bond donors (Lipinski definition) is 0. The summed E-state index contributed by atoms with van der Waals surface area (Å²) in [5.41, 5.74) is 0.938. The molecule has 0 saturated heterocycles. The van der Waals surface area contributed by atoms with E-state index >= 15 is 0 Å². The van der Waals surface area contributed by atoms with E-state index in [0.29, 0.717) is 5.92 Å². The van der Waals surface area contributed by atoms with Crippen molar-refractivity contribution in [1.82, 2.24) is 14.6 Å². The summed E-state index contributed by atoms with van der Waals surface area (Å²) in [5, 5.41) is 8.42. The highest BCUT2D eigenvalue weighted by molar-refractivity contribution is 7.99. The Morgan fingerprint density at radius 3 is 2.72 bits per heavy atom. The molecular weight excluding hydrogens is 266 g/mol. The van der Waals surface area contributed by atoms with Gasteiger partial charge in [-0.3, -0.25) is 4.40 Å². The van der Waals surface area contributed by atoms with Crippen LogP contribution in [0.1, 0.15) is 45.4 Å². The zero-order valence-corrected chi connectivity index (χ0v) is 12.7. The quantitative estimate of drug-likeness (QED) is 0.610. The number of hydrogen-bond acceptors (Lipinski definition) is 3. The van der Waals surface area contributed by atoms with E-state index in [-0.39, 0.29) is 12.4 Å². The van der Waals surface area contributed by atoms with Gasteiger partial charge in [0.05, 0.1) is 0 Å². The van der Waals surface area contributed by atoms with Gasteiger partial charge in [-0.1, -0.05) is 27.2 Å². The summed E-state index contributed by atoms with van der Waals surface area (Å²) in [7, 11) is 0. The molecule has 100 valence electrons. The molecule has 0 fully saturated rings. The first-order chi connectivity index (χ1) is 8.22. The predicted molar refractivity (Wildman–Crippen MR) is 80.0 cm³/mol. The second-order valence-electron chi connectivity index (χ2n) is 4.51. The molecule has 0 N–H and O–H groups in total. The number of nitrogens with zero attached hydrogens (tertiary/aromatic N) is 3. The van der Waals surface area contributed by atoms with Crippen LogP contribution in [0, 0.1) is 0 Å². The van der Waals surface area contributed by atoms with Crippen LogP contribution in [-0.4, -0.2) is 20.4 Å². The molecule has 0 aromatic carbocycles. The Bertz CT molecular complexity index is 496. The predicted octanol–water partition coefficient (Wildman–Crippen LogP) is 4.17. The highest BCUT2D eigenvalue weighted by atomic mass is 35.5. The summed E-state index contributed by atoms with van der Waals surface area (Å²) in [4.78, 5) is 1.30. The fourth-order valence-corrected chi connectivity index (χ4v) is 2.72. The van der Waals surface area contributed by atoms with Crippen molar-refractivity contribution in [1.29, 1.82) is 0 Å². The van der Waals surface area contributed by atoms with Crippen LogP contribution in [0.4, 0.5) is 0 Å². The van der Waals surface area contributed by atoms with Crippen LogP contribution < -0.4 is 0 Å². The van der Waals surface area contributed by atoms with Crippen LogP contribution in [0.5, 0.6) is 0 Å². The summed E-state index contributed by atoms with van der Waals surface area (Å²) in [6.07, 6.45) is 4.67. The van der Waals surface area contributed by atoms with E-state index < -0.39 is 0 Å². The van der Waals surface area contributed by atoms with Gasteiger partial charge in [0.2, 0.25) is 0 Å². The smallest absolute Gasteiger partial charge is 0.160 e. The molecule has 0 aliphatic heterocycles. The highest BCUT2D eigenvalue weighted by Crippen LogP contribution is 2.22. The van der Waals surface area contributed by atoms with Crippen LogP contribution >= 0.6 is 24.2 Å². The van der Waals surface area contributed by atoms with E-state index in [1.807, 2.05) is 17.8 Å². The lowest BCUT2D eigenvalue weighted by Gasteiger charge is -2.05. The highest BCUT2D eigenvalue weighted by Gasteiger charge is 2.09. The molecule has 0 unspecified atom stereocenters. The van der Waals surface area contributed by atoms with Gasteiger partial charge in [0.15, 0.2) is 5.65 Å². The van der Waals surface area contributed by atoms with Crippen LogP contribution in [0.2, 0.25) is 0 Å². The maximum absolute atomic E-state index is 4.24. The van der Waals surface area contributed by atoms with E-state index in [0.717, 1.165) is 11.5 Å². The maximum Gasteiger partial charge on any atom is 0.160 e. The lowest BCUT2D eigenvalue weighted by atomic mass is 10.2. The number of aromatic nitrogens is 3. The Labute approximate surface area is 119 Å². The molecular formula is C13H20ClN3S. The Balaban J connectivity index is 0.00000162. The summed E-state index contributed by atoms with van der Waals surface area (Å²) in [5.74, 6) is 2.63. The monoisotopic (exact) mass is 285 g/mol. The van der Waals surface area contributed by atoms with Crippen molar-refractivity contribution in [2.75, 3.05) is 5.75 Å². The lowest BCUT2D eigenvalue weighted by molar-refractivity contribution is 0.756. The van der Waals surface area contributed by atoms with Crippen molar-refractivity contribution in [2.45, 2.75) is 44.4 Å². The Morgan fingerprint density at radius 2 is 2.06 bits per heavy atom. The molecule has 2 aromatic heterocycles.